The predicted octanol–water partition coefficient (Wildman–Crippen LogP) is 2.60. The smallest absolute Gasteiger partial charge is 0.226 e. The lowest BCUT2D eigenvalue weighted by Crippen LogP contribution is -2.20. The summed E-state index contributed by atoms with van der Waals surface area (Å²) in [6.07, 6.45) is 1.78. The Kier molecular flexibility index (Phi) is 3.39. The molecule has 4 heteroatoms. The van der Waals surface area contributed by atoms with E-state index in [1.54, 1.807) is 0 Å². The van der Waals surface area contributed by atoms with E-state index in [2.05, 4.69) is 10.3 Å². The Morgan fingerprint density at radius 1 is 1.53 bits per heavy atom. The first kappa shape index (κ1) is 11.6. The SMILES string of the molecule is CC(C)(C)CC(=O)Nc1ncccc1F. The van der Waals surface area contributed by atoms with E-state index in [4.69, 9.17) is 0 Å². The topological polar surface area (TPSA) is 42.0 Å². The van der Waals surface area contributed by atoms with E-state index < -0.39 is 5.82 Å². The molecule has 0 saturated heterocycles. The van der Waals surface area contributed by atoms with E-state index in [9.17, 15) is 9.18 Å². The molecular formula is C11H15FN2O. The van der Waals surface area contributed by atoms with Crippen molar-refractivity contribution >= 4 is 11.7 Å². The highest BCUT2D eigenvalue weighted by molar-refractivity contribution is 5.90. The fraction of sp³-hybridized carbons (Fsp3) is 0.455. The van der Waals surface area contributed by atoms with Crippen LogP contribution in [0.1, 0.15) is 27.2 Å². The Morgan fingerprint density at radius 3 is 2.73 bits per heavy atom. The van der Waals surface area contributed by atoms with Crippen LogP contribution in [0.2, 0.25) is 0 Å². The molecular weight excluding hydrogens is 195 g/mol. The summed E-state index contributed by atoms with van der Waals surface area (Å²) in [6, 6.07) is 2.74. The van der Waals surface area contributed by atoms with Crippen molar-refractivity contribution in [1.29, 1.82) is 0 Å². The Bertz CT molecular complexity index is 358. The number of amides is 1. The molecule has 1 aromatic heterocycles. The molecule has 1 aromatic rings. The van der Waals surface area contributed by atoms with E-state index in [0.29, 0.717) is 6.42 Å². The molecule has 1 heterocycles. The molecule has 0 spiro atoms. The lowest BCUT2D eigenvalue weighted by Gasteiger charge is -2.16. The van der Waals surface area contributed by atoms with Gasteiger partial charge in [-0.3, -0.25) is 4.79 Å². The van der Waals surface area contributed by atoms with Crippen molar-refractivity contribution in [2.24, 2.45) is 5.41 Å². The van der Waals surface area contributed by atoms with Crippen LogP contribution in [0.15, 0.2) is 18.3 Å². The minimum atomic E-state index is -0.514. The number of hydrogen-bond acceptors (Lipinski definition) is 2. The number of hydrogen-bond donors (Lipinski definition) is 1. The van der Waals surface area contributed by atoms with Crippen LogP contribution in [0.5, 0.6) is 0 Å². The standard InChI is InChI=1S/C11H15FN2O/c1-11(2,3)7-9(15)14-10-8(12)5-4-6-13-10/h4-6H,7H2,1-3H3,(H,13,14,15). The molecule has 0 fully saturated rings. The van der Waals surface area contributed by atoms with Gasteiger partial charge in [0.2, 0.25) is 5.91 Å². The predicted molar refractivity (Wildman–Crippen MR) is 56.9 cm³/mol. The molecule has 1 N–H and O–H groups in total. The molecule has 0 bridgehead atoms. The zero-order chi connectivity index (χ0) is 11.5. The van der Waals surface area contributed by atoms with Gasteiger partial charge >= 0.3 is 0 Å². The molecule has 0 unspecified atom stereocenters. The number of anilines is 1. The van der Waals surface area contributed by atoms with Gasteiger partial charge in [-0.1, -0.05) is 20.8 Å². The number of halogens is 1. The largest absolute Gasteiger partial charge is 0.308 e. The van der Waals surface area contributed by atoms with Crippen molar-refractivity contribution in [3.05, 3.63) is 24.1 Å². The molecule has 0 radical (unpaired) electrons. The maximum Gasteiger partial charge on any atom is 0.226 e. The van der Waals surface area contributed by atoms with Gasteiger partial charge in [0.15, 0.2) is 11.6 Å². The lowest BCUT2D eigenvalue weighted by atomic mass is 9.92. The van der Waals surface area contributed by atoms with Gasteiger partial charge in [-0.15, -0.1) is 0 Å². The monoisotopic (exact) mass is 210 g/mol. The molecule has 0 aromatic carbocycles. The first-order chi connectivity index (χ1) is 6.88. The van der Waals surface area contributed by atoms with Crippen molar-refractivity contribution in [2.45, 2.75) is 27.2 Å². The third-order valence-electron chi connectivity index (χ3n) is 1.71. The van der Waals surface area contributed by atoms with Crippen LogP contribution in [0.3, 0.4) is 0 Å². The van der Waals surface area contributed by atoms with Gasteiger partial charge in [0, 0.05) is 12.6 Å². The number of nitrogens with one attached hydrogen (secondary N) is 1. The maximum absolute atomic E-state index is 13.1. The molecule has 15 heavy (non-hydrogen) atoms. The van der Waals surface area contributed by atoms with Crippen LogP contribution in [-0.4, -0.2) is 10.9 Å². The van der Waals surface area contributed by atoms with Crippen molar-refractivity contribution in [3.8, 4) is 0 Å². The number of carbonyl (C=O) groups excluding carboxylic acids is 1. The summed E-state index contributed by atoms with van der Waals surface area (Å²) in [5, 5.41) is 2.44. The average Bonchev–Trinajstić information content (AvgIpc) is 2.05. The summed E-state index contributed by atoms with van der Waals surface area (Å²) in [5.41, 5.74) is -0.116. The van der Waals surface area contributed by atoms with Crippen LogP contribution < -0.4 is 5.32 Å². The summed E-state index contributed by atoms with van der Waals surface area (Å²) in [7, 11) is 0. The maximum atomic E-state index is 13.1. The number of pyridine rings is 1. The van der Waals surface area contributed by atoms with Crippen molar-refractivity contribution in [3.63, 3.8) is 0 Å². The summed E-state index contributed by atoms with van der Waals surface area (Å²) < 4.78 is 13.1. The van der Waals surface area contributed by atoms with E-state index in [1.807, 2.05) is 20.8 Å². The number of carbonyl (C=O) groups is 1. The second-order valence-electron chi connectivity index (χ2n) is 4.62. The third kappa shape index (κ3) is 4.06. The molecule has 0 aliphatic rings. The quantitative estimate of drug-likeness (QED) is 0.815. The van der Waals surface area contributed by atoms with Crippen molar-refractivity contribution < 1.29 is 9.18 Å². The van der Waals surface area contributed by atoms with Gasteiger partial charge in [0.1, 0.15) is 0 Å². The van der Waals surface area contributed by atoms with E-state index in [-0.39, 0.29) is 17.1 Å². The normalized spacial score (nSPS) is 11.2. The van der Waals surface area contributed by atoms with Gasteiger partial charge in [-0.25, -0.2) is 9.37 Å². The van der Waals surface area contributed by atoms with Crippen LogP contribution >= 0.6 is 0 Å². The molecule has 0 aliphatic carbocycles. The van der Waals surface area contributed by atoms with Crippen molar-refractivity contribution in [1.82, 2.24) is 4.98 Å². The van der Waals surface area contributed by atoms with Gasteiger partial charge in [-0.2, -0.15) is 0 Å². The van der Waals surface area contributed by atoms with Crippen LogP contribution in [-0.2, 0) is 4.79 Å². The molecule has 0 atom stereocenters. The molecule has 0 aliphatic heterocycles. The Balaban J connectivity index is 2.64. The van der Waals surface area contributed by atoms with Crippen molar-refractivity contribution in [2.75, 3.05) is 5.32 Å². The molecule has 82 valence electrons. The third-order valence-corrected chi connectivity index (χ3v) is 1.71. The van der Waals surface area contributed by atoms with Crippen LogP contribution in [0.4, 0.5) is 10.2 Å². The highest BCUT2D eigenvalue weighted by Gasteiger charge is 2.17. The highest BCUT2D eigenvalue weighted by Crippen LogP contribution is 2.19. The molecule has 1 rings (SSSR count). The first-order valence-electron chi connectivity index (χ1n) is 4.79. The Morgan fingerprint density at radius 2 is 2.20 bits per heavy atom. The molecule has 0 saturated carbocycles. The van der Waals surface area contributed by atoms with Gasteiger partial charge < -0.3 is 5.32 Å². The molecule has 1 amide bonds. The van der Waals surface area contributed by atoms with Gasteiger partial charge in [-0.05, 0) is 17.5 Å². The number of aromatic nitrogens is 1. The molecule has 3 nitrogen and oxygen atoms in total. The Labute approximate surface area is 88.7 Å². The minimum absolute atomic E-state index is 0.00764. The fourth-order valence-electron chi connectivity index (χ4n) is 1.14. The van der Waals surface area contributed by atoms with Gasteiger partial charge in [0.05, 0.1) is 0 Å². The van der Waals surface area contributed by atoms with E-state index >= 15 is 0 Å². The first-order valence-corrected chi connectivity index (χ1v) is 4.79. The average molecular weight is 210 g/mol. The number of rotatable bonds is 2. The highest BCUT2D eigenvalue weighted by atomic mass is 19.1. The summed E-state index contributed by atoms with van der Waals surface area (Å²) in [4.78, 5) is 15.2. The van der Waals surface area contributed by atoms with Crippen LogP contribution in [0.25, 0.3) is 0 Å². The zero-order valence-corrected chi connectivity index (χ0v) is 9.17. The van der Waals surface area contributed by atoms with Crippen LogP contribution in [0, 0.1) is 11.2 Å². The van der Waals surface area contributed by atoms with Gasteiger partial charge in [0.25, 0.3) is 0 Å². The lowest BCUT2D eigenvalue weighted by molar-refractivity contribution is -0.117. The van der Waals surface area contributed by atoms with E-state index in [0.717, 1.165) is 0 Å². The number of nitrogens with zero attached hydrogens (tertiary/aromatic N) is 1. The zero-order valence-electron chi connectivity index (χ0n) is 9.17. The Hall–Kier alpha value is -1.45. The second kappa shape index (κ2) is 4.38. The summed E-state index contributed by atoms with van der Waals surface area (Å²) >= 11 is 0. The van der Waals surface area contributed by atoms with E-state index in [1.165, 1.54) is 18.3 Å². The minimum Gasteiger partial charge on any atom is -0.308 e. The second-order valence-corrected chi connectivity index (χ2v) is 4.62. The summed E-state index contributed by atoms with van der Waals surface area (Å²) in [6.45, 7) is 5.84. The fourth-order valence-corrected chi connectivity index (χ4v) is 1.14. The summed E-state index contributed by atoms with van der Waals surface area (Å²) in [5.74, 6) is -0.744.